The fourth-order valence-corrected chi connectivity index (χ4v) is 3.21. The van der Waals surface area contributed by atoms with Crippen molar-refractivity contribution in [3.63, 3.8) is 0 Å². The van der Waals surface area contributed by atoms with Crippen LogP contribution in [0.5, 0.6) is 0 Å². The molecule has 2 amide bonds. The van der Waals surface area contributed by atoms with Crippen LogP contribution in [0, 0.1) is 0 Å². The maximum Gasteiger partial charge on any atom is 0.306 e. The lowest BCUT2D eigenvalue weighted by Crippen LogP contribution is -2.46. The van der Waals surface area contributed by atoms with E-state index < -0.39 is 30.1 Å². The van der Waals surface area contributed by atoms with E-state index in [0.717, 1.165) is 57.9 Å². The van der Waals surface area contributed by atoms with Crippen molar-refractivity contribution in [2.24, 2.45) is 0 Å². The van der Waals surface area contributed by atoms with Crippen LogP contribution in [-0.4, -0.2) is 67.9 Å². The Bertz CT molecular complexity index is 602. The van der Waals surface area contributed by atoms with Crippen LogP contribution in [0.25, 0.3) is 0 Å². The molecule has 0 fully saturated rings. The Morgan fingerprint density at radius 1 is 0.816 bits per heavy atom. The van der Waals surface area contributed by atoms with Crippen LogP contribution in [0.1, 0.15) is 97.8 Å². The van der Waals surface area contributed by atoms with Gasteiger partial charge in [-0.2, -0.15) is 9.87 Å². The van der Waals surface area contributed by atoms with Crippen LogP contribution in [0.2, 0.25) is 0 Å². The molecule has 0 aromatic rings. The second kappa shape index (κ2) is 29.6. The van der Waals surface area contributed by atoms with Crippen molar-refractivity contribution in [2.45, 2.75) is 110 Å². The molecule has 0 saturated carbocycles. The van der Waals surface area contributed by atoms with Gasteiger partial charge in [0.1, 0.15) is 6.10 Å². The standard InChI is InChI=1S/C21H40ClN3O7.C4H9NO/c1-3-14-23-21(28)20(31-19(27)13-9-4-6-10-15-24-29)17(2)30-18(26)12-8-5-7-11-16-25-32-22;1-2-3-5-4-6/h17,20,24-25,29H,3-16H2,1-2H3,(H,23,28);4H,2-3H2,1H3,(H,5,6). The van der Waals surface area contributed by atoms with Crippen molar-refractivity contribution in [2.75, 3.05) is 26.2 Å². The van der Waals surface area contributed by atoms with E-state index in [-0.39, 0.29) is 12.8 Å². The number of unbranched alkanes of at least 4 members (excludes halogenated alkanes) is 6. The molecule has 2 unspecified atom stereocenters. The third kappa shape index (κ3) is 25.7. The zero-order chi connectivity index (χ0) is 28.9. The van der Waals surface area contributed by atoms with Gasteiger partial charge >= 0.3 is 11.9 Å². The van der Waals surface area contributed by atoms with Crippen LogP contribution in [-0.2, 0) is 33.0 Å². The summed E-state index contributed by atoms with van der Waals surface area (Å²) in [6, 6.07) is 0. The molecule has 0 aliphatic heterocycles. The van der Waals surface area contributed by atoms with Gasteiger partial charge in [-0.3, -0.25) is 19.2 Å². The van der Waals surface area contributed by atoms with Gasteiger partial charge in [-0.1, -0.05) is 39.5 Å². The van der Waals surface area contributed by atoms with Gasteiger partial charge < -0.3 is 25.3 Å². The molecule has 0 radical (unpaired) electrons. The fourth-order valence-electron chi connectivity index (χ4n) is 3.13. The van der Waals surface area contributed by atoms with Gasteiger partial charge in [0.05, 0.1) is 11.9 Å². The van der Waals surface area contributed by atoms with E-state index in [9.17, 15) is 19.2 Å². The van der Waals surface area contributed by atoms with E-state index in [1.807, 2.05) is 13.8 Å². The van der Waals surface area contributed by atoms with Gasteiger partial charge in [0, 0.05) is 39.0 Å². The molecule has 0 aromatic heterocycles. The van der Waals surface area contributed by atoms with E-state index in [2.05, 4.69) is 26.0 Å². The topological polar surface area (TPSA) is 164 Å². The Labute approximate surface area is 232 Å². The Morgan fingerprint density at radius 3 is 1.87 bits per heavy atom. The molecule has 0 bridgehead atoms. The number of carbonyl (C=O) groups excluding carboxylic acids is 4. The Hall–Kier alpha value is -1.99. The molecule has 2 atom stereocenters. The van der Waals surface area contributed by atoms with Crippen molar-refractivity contribution in [1.82, 2.24) is 21.6 Å². The highest BCUT2D eigenvalue weighted by Crippen LogP contribution is 2.12. The molecule has 224 valence electrons. The van der Waals surface area contributed by atoms with Crippen molar-refractivity contribution in [1.29, 1.82) is 0 Å². The Morgan fingerprint density at radius 2 is 1.37 bits per heavy atom. The number of hydrogen-bond acceptors (Lipinski definition) is 10. The minimum atomic E-state index is -1.18. The summed E-state index contributed by atoms with van der Waals surface area (Å²) < 4.78 is 15.0. The van der Waals surface area contributed by atoms with Gasteiger partial charge in [0.15, 0.2) is 0 Å². The van der Waals surface area contributed by atoms with Crippen molar-refractivity contribution in [3.8, 4) is 0 Å². The van der Waals surface area contributed by atoms with Crippen molar-refractivity contribution in [3.05, 3.63) is 0 Å². The van der Waals surface area contributed by atoms with Gasteiger partial charge in [0.2, 0.25) is 12.5 Å². The summed E-state index contributed by atoms with van der Waals surface area (Å²) in [4.78, 5) is 46.3. The quantitative estimate of drug-likeness (QED) is 0.0505. The molecule has 13 heteroatoms. The van der Waals surface area contributed by atoms with E-state index in [1.165, 1.54) is 0 Å². The van der Waals surface area contributed by atoms with E-state index in [1.54, 1.807) is 6.92 Å². The summed E-state index contributed by atoms with van der Waals surface area (Å²) in [5, 5.41) is 13.7. The Kier molecular flexibility index (Phi) is 29.7. The van der Waals surface area contributed by atoms with Gasteiger partial charge in [0.25, 0.3) is 5.91 Å². The zero-order valence-electron chi connectivity index (χ0n) is 23.2. The molecular formula is C25H49ClN4O8. The van der Waals surface area contributed by atoms with E-state index >= 15 is 0 Å². The summed E-state index contributed by atoms with van der Waals surface area (Å²) in [5.41, 5.74) is 4.62. The minimum Gasteiger partial charge on any atom is -0.458 e. The highest BCUT2D eigenvalue weighted by molar-refractivity contribution is 6.07. The predicted molar refractivity (Wildman–Crippen MR) is 144 cm³/mol. The maximum absolute atomic E-state index is 12.5. The molecule has 0 rings (SSSR count). The van der Waals surface area contributed by atoms with Crippen LogP contribution in [0.4, 0.5) is 0 Å². The number of hydrogen-bond donors (Lipinski definition) is 5. The molecule has 0 saturated heterocycles. The van der Waals surface area contributed by atoms with Crippen molar-refractivity contribution >= 4 is 36.1 Å². The number of hydroxylamine groups is 2. The van der Waals surface area contributed by atoms with Crippen molar-refractivity contribution < 1.29 is 38.2 Å². The summed E-state index contributed by atoms with van der Waals surface area (Å²) in [7, 11) is 0. The maximum atomic E-state index is 12.5. The number of halogens is 1. The normalized spacial score (nSPS) is 11.9. The fraction of sp³-hybridized carbons (Fsp3) is 0.840. The summed E-state index contributed by atoms with van der Waals surface area (Å²) in [6.07, 6.45) is 7.17. The highest BCUT2D eigenvalue weighted by Gasteiger charge is 2.31. The average molecular weight is 569 g/mol. The van der Waals surface area contributed by atoms with E-state index in [4.69, 9.17) is 26.5 Å². The lowest BCUT2D eigenvalue weighted by molar-refractivity contribution is -0.171. The number of nitrogens with one attached hydrogen (secondary N) is 4. The van der Waals surface area contributed by atoms with Gasteiger partial charge in [-0.05, 0) is 45.4 Å². The molecule has 0 spiro atoms. The molecule has 0 heterocycles. The number of carbonyl (C=O) groups is 4. The van der Waals surface area contributed by atoms with Crippen LogP contribution in [0.15, 0.2) is 0 Å². The third-order valence-corrected chi connectivity index (χ3v) is 5.28. The first kappa shape index (κ1) is 38.2. The molecule has 0 aliphatic carbocycles. The zero-order valence-corrected chi connectivity index (χ0v) is 24.0. The van der Waals surface area contributed by atoms with Crippen LogP contribution in [0.3, 0.4) is 0 Å². The SMILES string of the molecule is CCCNC(=O)C(OC(=O)CCCCCCNO)C(C)OC(=O)CCCCCCNOCl.CCCNC=O. The first-order valence-electron chi connectivity index (χ1n) is 13.6. The number of ether oxygens (including phenoxy) is 2. The molecule has 5 N–H and O–H groups in total. The monoisotopic (exact) mass is 568 g/mol. The molecular weight excluding hydrogens is 520 g/mol. The van der Waals surface area contributed by atoms with Crippen LogP contribution < -0.4 is 21.6 Å². The smallest absolute Gasteiger partial charge is 0.306 e. The van der Waals surface area contributed by atoms with Crippen LogP contribution >= 0.6 is 11.9 Å². The number of amides is 2. The number of rotatable bonds is 24. The number of esters is 2. The van der Waals surface area contributed by atoms with E-state index in [0.29, 0.717) is 38.9 Å². The summed E-state index contributed by atoms with van der Waals surface area (Å²) in [6.45, 7) is 7.85. The second-order valence-corrected chi connectivity index (χ2v) is 8.83. The molecule has 0 aromatic carbocycles. The largest absolute Gasteiger partial charge is 0.458 e. The van der Waals surface area contributed by atoms with Gasteiger partial charge in [-0.15, -0.1) is 0 Å². The Balaban J connectivity index is 0. The highest BCUT2D eigenvalue weighted by atomic mass is 35.5. The first-order chi connectivity index (χ1) is 18.4. The minimum absolute atomic E-state index is 0.175. The average Bonchev–Trinajstić information content (AvgIpc) is 2.90. The first-order valence-corrected chi connectivity index (χ1v) is 13.9. The molecule has 12 nitrogen and oxygen atoms in total. The third-order valence-electron chi connectivity index (χ3n) is 5.17. The molecule has 38 heavy (non-hydrogen) atoms. The second-order valence-electron chi connectivity index (χ2n) is 8.68. The lowest BCUT2D eigenvalue weighted by Gasteiger charge is -2.23. The summed E-state index contributed by atoms with van der Waals surface area (Å²) in [5.74, 6) is -1.40. The predicted octanol–water partition coefficient (Wildman–Crippen LogP) is 3.05. The van der Waals surface area contributed by atoms with Gasteiger partial charge in [-0.25, -0.2) is 5.48 Å². The molecule has 0 aliphatic rings. The lowest BCUT2D eigenvalue weighted by atomic mass is 10.1. The summed E-state index contributed by atoms with van der Waals surface area (Å²) >= 11 is 5.05.